The number of hydrogen-bond donors (Lipinski definition) is 3. The van der Waals surface area contributed by atoms with Gasteiger partial charge >= 0.3 is 0 Å². The van der Waals surface area contributed by atoms with Gasteiger partial charge in [0.2, 0.25) is 5.91 Å². The van der Waals surface area contributed by atoms with Crippen LogP contribution >= 0.6 is 11.3 Å². The molecule has 4 rings (SSSR count). The standard InChI is InChI=1S/C21H28N4OS/c1-15-7-9-18(27-15)14-25(12-11-16-5-3-2-4-6-16)21(26)17-8-10-19-20(13-17)23-24-22-19/h2-7,9,17,19-20,22-24H,8,10-14H2,1H3. The Balaban J connectivity index is 1.44. The fourth-order valence-electron chi connectivity index (χ4n) is 4.15. The highest BCUT2D eigenvalue weighted by Crippen LogP contribution is 2.28. The van der Waals surface area contributed by atoms with Gasteiger partial charge in [-0.3, -0.25) is 4.79 Å². The van der Waals surface area contributed by atoms with Crippen LogP contribution in [0.5, 0.6) is 0 Å². The van der Waals surface area contributed by atoms with Gasteiger partial charge in [0.25, 0.3) is 0 Å². The lowest BCUT2D eigenvalue weighted by atomic mass is 9.82. The summed E-state index contributed by atoms with van der Waals surface area (Å²) < 4.78 is 0. The predicted octanol–water partition coefficient (Wildman–Crippen LogP) is 2.78. The number of benzene rings is 1. The van der Waals surface area contributed by atoms with Crippen molar-refractivity contribution in [3.63, 3.8) is 0 Å². The van der Waals surface area contributed by atoms with E-state index in [9.17, 15) is 4.79 Å². The van der Waals surface area contributed by atoms with Gasteiger partial charge in [0, 0.05) is 34.3 Å². The summed E-state index contributed by atoms with van der Waals surface area (Å²) in [6.45, 7) is 3.62. The lowest BCUT2D eigenvalue weighted by molar-refractivity contribution is -0.137. The molecule has 2 fully saturated rings. The molecule has 2 aliphatic rings. The van der Waals surface area contributed by atoms with Crippen LogP contribution in [0.4, 0.5) is 0 Å². The van der Waals surface area contributed by atoms with E-state index >= 15 is 0 Å². The van der Waals surface area contributed by atoms with Gasteiger partial charge in [0.05, 0.1) is 6.54 Å². The number of carbonyl (C=O) groups is 1. The van der Waals surface area contributed by atoms with Crippen molar-refractivity contribution in [2.24, 2.45) is 5.92 Å². The molecule has 1 aromatic heterocycles. The van der Waals surface area contributed by atoms with E-state index in [0.717, 1.165) is 38.8 Å². The zero-order valence-electron chi connectivity index (χ0n) is 15.8. The van der Waals surface area contributed by atoms with Crippen LogP contribution in [0.25, 0.3) is 0 Å². The maximum absolute atomic E-state index is 13.4. The second kappa shape index (κ2) is 8.52. The number of nitrogens with one attached hydrogen (secondary N) is 3. The zero-order chi connectivity index (χ0) is 18.6. The van der Waals surface area contributed by atoms with E-state index in [2.05, 4.69) is 64.6 Å². The Morgan fingerprint density at radius 1 is 1.11 bits per heavy atom. The van der Waals surface area contributed by atoms with E-state index in [-0.39, 0.29) is 5.92 Å². The summed E-state index contributed by atoms with van der Waals surface area (Å²) in [4.78, 5) is 18.0. The number of amides is 1. The Hall–Kier alpha value is -1.73. The van der Waals surface area contributed by atoms with E-state index in [1.54, 1.807) is 11.3 Å². The average Bonchev–Trinajstić information content (AvgIpc) is 3.33. The third-order valence-electron chi connectivity index (χ3n) is 5.68. The highest BCUT2D eigenvalue weighted by atomic mass is 32.1. The minimum Gasteiger partial charge on any atom is -0.337 e. The van der Waals surface area contributed by atoms with Gasteiger partial charge in [0.15, 0.2) is 0 Å². The Morgan fingerprint density at radius 3 is 2.70 bits per heavy atom. The smallest absolute Gasteiger partial charge is 0.226 e. The van der Waals surface area contributed by atoms with E-state index < -0.39 is 0 Å². The highest BCUT2D eigenvalue weighted by Gasteiger charge is 2.37. The number of hydrazine groups is 2. The first-order valence-corrected chi connectivity index (χ1v) is 10.6. The Bertz CT molecular complexity index is 763. The van der Waals surface area contributed by atoms with Gasteiger partial charge in [-0.05, 0) is 50.3 Å². The quantitative estimate of drug-likeness (QED) is 0.717. The second-order valence-electron chi connectivity index (χ2n) is 7.64. The van der Waals surface area contributed by atoms with Gasteiger partial charge in [-0.2, -0.15) is 5.53 Å². The summed E-state index contributed by atoms with van der Waals surface area (Å²) in [6.07, 6.45) is 3.79. The number of aryl methyl sites for hydroxylation is 1. The van der Waals surface area contributed by atoms with Gasteiger partial charge in [0.1, 0.15) is 0 Å². The summed E-state index contributed by atoms with van der Waals surface area (Å²) in [7, 11) is 0. The minimum atomic E-state index is 0.109. The van der Waals surface area contributed by atoms with Crippen LogP contribution in [0.15, 0.2) is 42.5 Å². The Kier molecular flexibility index (Phi) is 5.88. The summed E-state index contributed by atoms with van der Waals surface area (Å²) in [5, 5.41) is 0. The van der Waals surface area contributed by atoms with Crippen LogP contribution in [0.3, 0.4) is 0 Å². The van der Waals surface area contributed by atoms with Crippen molar-refractivity contribution in [1.82, 2.24) is 21.3 Å². The van der Waals surface area contributed by atoms with Crippen molar-refractivity contribution >= 4 is 17.2 Å². The number of thiophene rings is 1. The second-order valence-corrected chi connectivity index (χ2v) is 9.02. The van der Waals surface area contributed by atoms with Gasteiger partial charge < -0.3 is 4.90 Å². The van der Waals surface area contributed by atoms with E-state index in [1.165, 1.54) is 15.3 Å². The zero-order valence-corrected chi connectivity index (χ0v) is 16.6. The van der Waals surface area contributed by atoms with Crippen molar-refractivity contribution in [2.75, 3.05) is 6.54 Å². The Morgan fingerprint density at radius 2 is 1.93 bits per heavy atom. The third-order valence-corrected chi connectivity index (χ3v) is 6.67. The van der Waals surface area contributed by atoms with Crippen molar-refractivity contribution in [2.45, 2.75) is 51.2 Å². The van der Waals surface area contributed by atoms with Crippen LogP contribution < -0.4 is 16.4 Å². The van der Waals surface area contributed by atoms with Crippen molar-refractivity contribution < 1.29 is 4.79 Å². The fraction of sp³-hybridized carbons (Fsp3) is 0.476. The Labute approximate surface area is 165 Å². The topological polar surface area (TPSA) is 56.4 Å². The number of rotatable bonds is 6. The number of hydrogen-bond acceptors (Lipinski definition) is 5. The van der Waals surface area contributed by atoms with Crippen molar-refractivity contribution in [1.29, 1.82) is 0 Å². The summed E-state index contributed by atoms with van der Waals surface area (Å²) in [5.41, 5.74) is 10.8. The van der Waals surface area contributed by atoms with E-state index in [1.807, 2.05) is 6.07 Å². The largest absolute Gasteiger partial charge is 0.337 e. The molecule has 27 heavy (non-hydrogen) atoms. The molecular weight excluding hydrogens is 356 g/mol. The molecule has 3 unspecified atom stereocenters. The predicted molar refractivity (Wildman–Crippen MR) is 109 cm³/mol. The minimum absolute atomic E-state index is 0.109. The van der Waals surface area contributed by atoms with Gasteiger partial charge in [-0.25, -0.2) is 10.9 Å². The first-order valence-electron chi connectivity index (χ1n) is 9.83. The summed E-state index contributed by atoms with van der Waals surface area (Å²) in [6, 6.07) is 15.5. The van der Waals surface area contributed by atoms with E-state index in [4.69, 9.17) is 0 Å². The van der Waals surface area contributed by atoms with Gasteiger partial charge in [-0.1, -0.05) is 30.3 Å². The van der Waals surface area contributed by atoms with Crippen molar-refractivity contribution in [3.05, 3.63) is 57.8 Å². The summed E-state index contributed by atoms with van der Waals surface area (Å²) >= 11 is 1.79. The normalized spacial score (nSPS) is 24.6. The molecule has 1 amide bonds. The molecule has 1 aliphatic carbocycles. The monoisotopic (exact) mass is 384 g/mol. The molecule has 0 radical (unpaired) electrons. The number of fused-ring (bicyclic) bond motifs is 1. The lowest BCUT2D eigenvalue weighted by Crippen LogP contribution is -2.45. The molecule has 0 bridgehead atoms. The molecule has 6 heteroatoms. The average molecular weight is 385 g/mol. The maximum Gasteiger partial charge on any atom is 0.226 e. The molecule has 5 nitrogen and oxygen atoms in total. The lowest BCUT2D eigenvalue weighted by Gasteiger charge is -2.33. The van der Waals surface area contributed by atoms with Crippen LogP contribution in [-0.2, 0) is 17.8 Å². The molecule has 144 valence electrons. The highest BCUT2D eigenvalue weighted by molar-refractivity contribution is 7.11. The first kappa shape index (κ1) is 18.6. The molecule has 2 aromatic rings. The summed E-state index contributed by atoms with van der Waals surface area (Å²) in [5.74, 6) is 0.418. The molecule has 1 aromatic carbocycles. The fourth-order valence-corrected chi connectivity index (χ4v) is 5.05. The molecule has 1 saturated heterocycles. The molecule has 1 saturated carbocycles. The molecular formula is C21H28N4OS. The number of carbonyl (C=O) groups excluding carboxylic acids is 1. The molecule has 3 atom stereocenters. The molecule has 3 N–H and O–H groups in total. The SMILES string of the molecule is Cc1ccc(CN(CCc2ccccc2)C(=O)C2CCC3NNNC3C2)s1. The molecule has 2 heterocycles. The van der Waals surface area contributed by atoms with Crippen LogP contribution in [0, 0.1) is 12.8 Å². The molecule has 1 aliphatic heterocycles. The maximum atomic E-state index is 13.4. The van der Waals surface area contributed by atoms with Crippen LogP contribution in [0.2, 0.25) is 0 Å². The van der Waals surface area contributed by atoms with Gasteiger partial charge in [-0.15, -0.1) is 11.3 Å². The molecule has 0 spiro atoms. The number of nitrogens with zero attached hydrogens (tertiary/aromatic N) is 1. The first-order chi connectivity index (χ1) is 13.2. The van der Waals surface area contributed by atoms with Crippen LogP contribution in [0.1, 0.15) is 34.6 Å². The van der Waals surface area contributed by atoms with E-state index in [0.29, 0.717) is 18.0 Å². The van der Waals surface area contributed by atoms with Crippen molar-refractivity contribution in [3.8, 4) is 0 Å². The van der Waals surface area contributed by atoms with Crippen LogP contribution in [-0.4, -0.2) is 29.4 Å². The third kappa shape index (κ3) is 4.58.